The maximum absolute atomic E-state index is 13.3. The van der Waals surface area contributed by atoms with Gasteiger partial charge in [-0.25, -0.2) is 4.79 Å². The second-order valence-corrected chi connectivity index (χ2v) is 8.42. The first-order chi connectivity index (χ1) is 17.1. The number of carbonyl (C=O) groups is 3. The van der Waals surface area contributed by atoms with Gasteiger partial charge in [0.15, 0.2) is 5.78 Å². The summed E-state index contributed by atoms with van der Waals surface area (Å²) in [7, 11) is 0. The summed E-state index contributed by atoms with van der Waals surface area (Å²) in [5.41, 5.74) is 2.62. The summed E-state index contributed by atoms with van der Waals surface area (Å²) >= 11 is 0. The Bertz CT molecular complexity index is 1120. The second-order valence-electron chi connectivity index (χ2n) is 8.42. The van der Waals surface area contributed by atoms with Gasteiger partial charge in [-0.3, -0.25) is 9.59 Å². The average molecular weight is 473 g/mol. The molecule has 0 aliphatic carbocycles. The molecule has 0 aromatic heterocycles. The molecule has 7 nitrogen and oxygen atoms in total. The Morgan fingerprint density at radius 1 is 0.743 bits per heavy atom. The molecule has 1 aliphatic heterocycles. The molecule has 3 aromatic rings. The minimum Gasteiger partial charge on any atom is -0.445 e. The Morgan fingerprint density at radius 3 is 1.74 bits per heavy atom. The van der Waals surface area contributed by atoms with Crippen molar-refractivity contribution in [2.75, 3.05) is 6.61 Å². The van der Waals surface area contributed by atoms with E-state index in [1.54, 1.807) is 0 Å². The minimum absolute atomic E-state index is 0.0838. The zero-order chi connectivity index (χ0) is 24.5. The number of hydrogen-bond donors (Lipinski definition) is 2. The van der Waals surface area contributed by atoms with Gasteiger partial charge in [0, 0.05) is 6.42 Å². The van der Waals surface area contributed by atoms with E-state index in [1.165, 1.54) is 0 Å². The third kappa shape index (κ3) is 7.52. The van der Waals surface area contributed by atoms with Crippen molar-refractivity contribution >= 4 is 17.8 Å². The Labute approximate surface area is 204 Å². The van der Waals surface area contributed by atoms with Crippen LogP contribution in [-0.4, -0.2) is 42.6 Å². The fourth-order valence-electron chi connectivity index (χ4n) is 3.75. The Morgan fingerprint density at radius 2 is 1.23 bits per heavy atom. The molecule has 180 valence electrons. The summed E-state index contributed by atoms with van der Waals surface area (Å²) < 4.78 is 10.5. The normalized spacial score (nSPS) is 15.9. The first-order valence-electron chi connectivity index (χ1n) is 11.6. The lowest BCUT2D eigenvalue weighted by Crippen LogP contribution is -2.53. The van der Waals surface area contributed by atoms with Crippen LogP contribution in [-0.2, 0) is 38.5 Å². The molecule has 2 N–H and O–H groups in total. The largest absolute Gasteiger partial charge is 0.445 e. The highest BCUT2D eigenvalue weighted by molar-refractivity contribution is 5.95. The van der Waals surface area contributed by atoms with Gasteiger partial charge in [-0.15, -0.1) is 0 Å². The number of ketones is 1. The standard InChI is InChI=1S/C28H28N2O5/c31-26(25-19-34-25)23(16-20-10-4-1-5-11-20)29-27(32)24(17-21-12-6-2-7-13-21)30-28(33)35-18-22-14-8-3-9-15-22/h1-15,23-25H,16-19H2,(H,29,32)(H,30,33). The molecule has 3 aromatic carbocycles. The van der Waals surface area contributed by atoms with Crippen LogP contribution in [0.25, 0.3) is 0 Å². The maximum Gasteiger partial charge on any atom is 0.408 e. The summed E-state index contributed by atoms with van der Waals surface area (Å²) in [6.07, 6.45) is -0.622. The lowest BCUT2D eigenvalue weighted by molar-refractivity contribution is -0.129. The van der Waals surface area contributed by atoms with Crippen LogP contribution in [0.4, 0.5) is 4.79 Å². The third-order valence-electron chi connectivity index (χ3n) is 5.70. The van der Waals surface area contributed by atoms with Crippen molar-refractivity contribution in [3.05, 3.63) is 108 Å². The molecule has 35 heavy (non-hydrogen) atoms. The Balaban J connectivity index is 1.45. The van der Waals surface area contributed by atoms with Crippen molar-refractivity contribution < 1.29 is 23.9 Å². The van der Waals surface area contributed by atoms with Gasteiger partial charge in [-0.2, -0.15) is 0 Å². The van der Waals surface area contributed by atoms with Gasteiger partial charge < -0.3 is 20.1 Å². The molecule has 0 bridgehead atoms. The van der Waals surface area contributed by atoms with Crippen molar-refractivity contribution in [2.24, 2.45) is 0 Å². The predicted octanol–water partition coefficient (Wildman–Crippen LogP) is 3.22. The van der Waals surface area contributed by atoms with Crippen LogP contribution in [0.1, 0.15) is 16.7 Å². The summed E-state index contributed by atoms with van der Waals surface area (Å²) in [5, 5.41) is 5.52. The van der Waals surface area contributed by atoms with E-state index >= 15 is 0 Å². The molecule has 1 aliphatic rings. The van der Waals surface area contributed by atoms with Crippen LogP contribution in [0.2, 0.25) is 0 Å². The molecule has 1 fully saturated rings. The number of alkyl carbamates (subject to hydrolysis) is 1. The molecular formula is C28H28N2O5. The molecule has 2 amide bonds. The number of epoxide rings is 1. The summed E-state index contributed by atoms with van der Waals surface area (Å²) in [5.74, 6) is -0.632. The summed E-state index contributed by atoms with van der Waals surface area (Å²) in [4.78, 5) is 38.7. The number of carbonyl (C=O) groups excluding carboxylic acids is 3. The molecule has 3 atom stereocenters. The molecule has 0 spiro atoms. The summed E-state index contributed by atoms with van der Waals surface area (Å²) in [6.45, 7) is 0.442. The van der Waals surface area contributed by atoms with Crippen molar-refractivity contribution in [3.8, 4) is 0 Å². The van der Waals surface area contributed by atoms with Gasteiger partial charge in [0.25, 0.3) is 0 Å². The second kappa shape index (κ2) is 11.9. The molecular weight excluding hydrogens is 444 g/mol. The highest BCUT2D eigenvalue weighted by Gasteiger charge is 2.38. The molecule has 0 saturated carbocycles. The van der Waals surface area contributed by atoms with Crippen LogP contribution in [0.3, 0.4) is 0 Å². The Kier molecular flexibility index (Phi) is 8.25. The zero-order valence-electron chi connectivity index (χ0n) is 19.3. The van der Waals surface area contributed by atoms with Crippen LogP contribution < -0.4 is 10.6 Å². The Hall–Kier alpha value is -3.97. The minimum atomic E-state index is -0.924. The van der Waals surface area contributed by atoms with Crippen molar-refractivity contribution in [3.63, 3.8) is 0 Å². The van der Waals surface area contributed by atoms with E-state index in [0.717, 1.165) is 16.7 Å². The van der Waals surface area contributed by atoms with E-state index in [2.05, 4.69) is 10.6 Å². The van der Waals surface area contributed by atoms with E-state index < -0.39 is 30.2 Å². The molecule has 0 radical (unpaired) electrons. The SMILES string of the molecule is O=C(NC(Cc1ccccc1)C(=O)NC(Cc1ccccc1)C(=O)C1CO1)OCc1ccccc1. The fraction of sp³-hybridized carbons (Fsp3) is 0.250. The topological polar surface area (TPSA) is 97.0 Å². The van der Waals surface area contributed by atoms with Gasteiger partial charge in [0.1, 0.15) is 18.8 Å². The van der Waals surface area contributed by atoms with Gasteiger partial charge in [0.2, 0.25) is 5.91 Å². The average Bonchev–Trinajstić information content (AvgIpc) is 3.74. The highest BCUT2D eigenvalue weighted by Crippen LogP contribution is 2.16. The molecule has 7 heteroatoms. The number of rotatable bonds is 11. The van der Waals surface area contributed by atoms with E-state index in [1.807, 2.05) is 91.0 Å². The summed E-state index contributed by atoms with van der Waals surface area (Å²) in [6, 6.07) is 26.4. The number of amides is 2. The zero-order valence-corrected chi connectivity index (χ0v) is 19.3. The monoisotopic (exact) mass is 472 g/mol. The van der Waals surface area contributed by atoms with E-state index in [0.29, 0.717) is 13.0 Å². The predicted molar refractivity (Wildman–Crippen MR) is 131 cm³/mol. The molecule has 4 rings (SSSR count). The first-order valence-corrected chi connectivity index (χ1v) is 11.6. The van der Waals surface area contributed by atoms with Crippen molar-refractivity contribution in [2.45, 2.75) is 37.6 Å². The molecule has 3 unspecified atom stereocenters. The van der Waals surface area contributed by atoms with Crippen molar-refractivity contribution in [1.82, 2.24) is 10.6 Å². The number of hydrogen-bond acceptors (Lipinski definition) is 5. The fourth-order valence-corrected chi connectivity index (χ4v) is 3.75. The lowest BCUT2D eigenvalue weighted by atomic mass is 9.99. The number of Topliss-reactive ketones (excluding diaryl/α,β-unsaturated/α-hetero) is 1. The van der Waals surface area contributed by atoms with Gasteiger partial charge >= 0.3 is 6.09 Å². The van der Waals surface area contributed by atoms with Crippen LogP contribution in [0, 0.1) is 0 Å². The maximum atomic E-state index is 13.3. The molecule has 1 saturated heterocycles. The lowest BCUT2D eigenvalue weighted by Gasteiger charge is -2.23. The molecule has 1 heterocycles. The van der Waals surface area contributed by atoms with E-state index in [-0.39, 0.29) is 18.8 Å². The number of ether oxygens (including phenoxy) is 2. The number of benzene rings is 3. The van der Waals surface area contributed by atoms with Gasteiger partial charge in [-0.05, 0) is 23.1 Å². The van der Waals surface area contributed by atoms with E-state index in [4.69, 9.17) is 9.47 Å². The quantitative estimate of drug-likeness (QED) is 0.418. The number of nitrogens with one attached hydrogen (secondary N) is 2. The smallest absolute Gasteiger partial charge is 0.408 e. The van der Waals surface area contributed by atoms with E-state index in [9.17, 15) is 14.4 Å². The third-order valence-corrected chi connectivity index (χ3v) is 5.70. The van der Waals surface area contributed by atoms with Crippen LogP contribution in [0.5, 0.6) is 0 Å². The van der Waals surface area contributed by atoms with Gasteiger partial charge in [0.05, 0.1) is 12.6 Å². The van der Waals surface area contributed by atoms with Crippen LogP contribution in [0.15, 0.2) is 91.0 Å². The van der Waals surface area contributed by atoms with Crippen LogP contribution >= 0.6 is 0 Å². The highest BCUT2D eigenvalue weighted by atomic mass is 16.6. The van der Waals surface area contributed by atoms with Crippen molar-refractivity contribution in [1.29, 1.82) is 0 Å². The van der Waals surface area contributed by atoms with Gasteiger partial charge in [-0.1, -0.05) is 91.0 Å². The first kappa shape index (κ1) is 24.2.